The van der Waals surface area contributed by atoms with Crippen molar-refractivity contribution in [3.63, 3.8) is 0 Å². The minimum absolute atomic E-state index is 0.151. The lowest BCUT2D eigenvalue weighted by atomic mass is 10.1. The van der Waals surface area contributed by atoms with Crippen LogP contribution in [-0.2, 0) is 4.74 Å². The number of hydrogen-bond donors (Lipinski definition) is 0. The molecule has 0 unspecified atom stereocenters. The highest BCUT2D eigenvalue weighted by Gasteiger charge is 2.24. The molecule has 0 aliphatic carbocycles. The Kier molecular flexibility index (Phi) is 6.73. The van der Waals surface area contributed by atoms with Gasteiger partial charge in [0, 0.05) is 49.8 Å². The molecule has 22 heavy (non-hydrogen) atoms. The third-order valence-electron chi connectivity index (χ3n) is 4.02. The number of carbonyl (C=O) groups is 1. The van der Waals surface area contributed by atoms with Crippen molar-refractivity contribution >= 4 is 17.7 Å². The molecule has 0 N–H and O–H groups in total. The number of amides is 1. The van der Waals surface area contributed by atoms with Gasteiger partial charge in [-0.3, -0.25) is 9.69 Å². The van der Waals surface area contributed by atoms with Gasteiger partial charge in [0.15, 0.2) is 0 Å². The molecule has 1 aromatic carbocycles. The van der Waals surface area contributed by atoms with Crippen LogP contribution in [0, 0.1) is 0 Å². The molecule has 4 nitrogen and oxygen atoms in total. The van der Waals surface area contributed by atoms with Gasteiger partial charge >= 0.3 is 0 Å². The normalized spacial score (nSPS) is 17.5. The van der Waals surface area contributed by atoms with Crippen molar-refractivity contribution in [2.75, 3.05) is 45.6 Å². The summed E-state index contributed by atoms with van der Waals surface area (Å²) in [5.41, 5.74) is 0.803. The molecule has 0 aromatic heterocycles. The summed E-state index contributed by atoms with van der Waals surface area (Å²) in [4.78, 5) is 18.1. The number of methoxy groups -OCH3 is 1. The van der Waals surface area contributed by atoms with Crippen LogP contribution in [0.15, 0.2) is 29.2 Å². The molecule has 2 rings (SSSR count). The topological polar surface area (TPSA) is 32.8 Å². The first-order chi connectivity index (χ1) is 10.7. The Morgan fingerprint density at radius 1 is 1.32 bits per heavy atom. The van der Waals surface area contributed by atoms with Crippen LogP contribution in [0.2, 0.25) is 0 Å². The lowest BCUT2D eigenvalue weighted by Crippen LogP contribution is -2.52. The van der Waals surface area contributed by atoms with Gasteiger partial charge in [-0.2, -0.15) is 0 Å². The van der Waals surface area contributed by atoms with E-state index < -0.39 is 0 Å². The number of ether oxygens (including phenoxy) is 1. The fourth-order valence-electron chi connectivity index (χ4n) is 2.78. The number of nitrogens with zero attached hydrogens (tertiary/aromatic N) is 2. The van der Waals surface area contributed by atoms with Gasteiger partial charge in [-0.15, -0.1) is 11.8 Å². The maximum absolute atomic E-state index is 12.6. The van der Waals surface area contributed by atoms with Crippen molar-refractivity contribution in [2.45, 2.75) is 24.8 Å². The van der Waals surface area contributed by atoms with Gasteiger partial charge in [0.05, 0.1) is 6.61 Å². The molecule has 1 fully saturated rings. The summed E-state index contributed by atoms with van der Waals surface area (Å²) < 4.78 is 5.21. The highest BCUT2D eigenvalue weighted by atomic mass is 32.2. The molecule has 1 aromatic rings. The van der Waals surface area contributed by atoms with Gasteiger partial charge < -0.3 is 9.64 Å². The fraction of sp³-hybridized carbons (Fsp3) is 0.588. The first kappa shape index (κ1) is 17.3. The van der Waals surface area contributed by atoms with Crippen LogP contribution in [0.3, 0.4) is 0 Å². The third-order valence-corrected chi connectivity index (χ3v) is 4.90. The van der Waals surface area contributed by atoms with Crippen molar-refractivity contribution in [1.29, 1.82) is 0 Å². The molecule has 1 atom stereocenters. The Morgan fingerprint density at radius 3 is 2.68 bits per heavy atom. The molecular formula is C17H26N2O2S. The second-order valence-corrected chi connectivity index (χ2v) is 6.93. The summed E-state index contributed by atoms with van der Waals surface area (Å²) in [5, 5.41) is 0. The van der Waals surface area contributed by atoms with E-state index in [1.807, 2.05) is 23.1 Å². The second kappa shape index (κ2) is 8.56. The quantitative estimate of drug-likeness (QED) is 0.754. The number of rotatable bonds is 6. The second-order valence-electron chi connectivity index (χ2n) is 5.59. The average molecular weight is 322 g/mol. The average Bonchev–Trinajstić information content (AvgIpc) is 2.55. The van der Waals surface area contributed by atoms with Crippen LogP contribution in [0.25, 0.3) is 0 Å². The highest BCUT2D eigenvalue weighted by molar-refractivity contribution is 7.99. The van der Waals surface area contributed by atoms with Crippen molar-refractivity contribution in [3.05, 3.63) is 29.8 Å². The standard InChI is InChI=1S/C17H26N2O2S/c1-4-22-16-7-5-6-15(12-16)17(20)19-10-8-18(9-11-19)14(2)13-21-3/h5-7,12,14H,4,8-11,13H2,1-3H3/t14-/m0/s1. The number of carbonyl (C=O) groups excluding carboxylic acids is 1. The van der Waals surface area contributed by atoms with Crippen LogP contribution in [0.1, 0.15) is 24.2 Å². The number of benzene rings is 1. The third kappa shape index (κ3) is 4.48. The van der Waals surface area contributed by atoms with E-state index >= 15 is 0 Å². The van der Waals surface area contributed by atoms with Crippen LogP contribution < -0.4 is 0 Å². The predicted molar refractivity (Wildman–Crippen MR) is 91.7 cm³/mol. The van der Waals surface area contributed by atoms with Crippen LogP contribution in [0.5, 0.6) is 0 Å². The van der Waals surface area contributed by atoms with Gasteiger partial charge in [-0.25, -0.2) is 0 Å². The van der Waals surface area contributed by atoms with Crippen LogP contribution in [0.4, 0.5) is 0 Å². The molecule has 5 heteroatoms. The van der Waals surface area contributed by atoms with E-state index in [1.165, 1.54) is 4.90 Å². The number of hydrogen-bond acceptors (Lipinski definition) is 4. The number of piperazine rings is 1. The Morgan fingerprint density at radius 2 is 2.05 bits per heavy atom. The van der Waals surface area contributed by atoms with E-state index in [0.717, 1.165) is 44.1 Å². The Bertz CT molecular complexity index is 487. The molecule has 1 saturated heterocycles. The fourth-order valence-corrected chi connectivity index (χ4v) is 3.50. The maximum atomic E-state index is 12.6. The first-order valence-electron chi connectivity index (χ1n) is 7.90. The largest absolute Gasteiger partial charge is 0.383 e. The van der Waals surface area contributed by atoms with E-state index in [-0.39, 0.29) is 5.91 Å². The molecule has 1 amide bonds. The zero-order chi connectivity index (χ0) is 15.9. The summed E-state index contributed by atoms with van der Waals surface area (Å²) >= 11 is 1.77. The van der Waals surface area contributed by atoms with E-state index in [1.54, 1.807) is 18.9 Å². The highest BCUT2D eigenvalue weighted by Crippen LogP contribution is 2.20. The smallest absolute Gasteiger partial charge is 0.253 e. The summed E-state index contributed by atoms with van der Waals surface area (Å²) in [7, 11) is 1.73. The molecule has 1 aliphatic rings. The van der Waals surface area contributed by atoms with Crippen molar-refractivity contribution in [2.24, 2.45) is 0 Å². The summed E-state index contributed by atoms with van der Waals surface area (Å²) in [6, 6.07) is 8.38. The Balaban J connectivity index is 1.93. The van der Waals surface area contributed by atoms with Gasteiger partial charge in [-0.1, -0.05) is 13.0 Å². The van der Waals surface area contributed by atoms with E-state index in [2.05, 4.69) is 24.8 Å². The Labute approximate surface area is 137 Å². The molecule has 0 saturated carbocycles. The molecule has 122 valence electrons. The zero-order valence-corrected chi connectivity index (χ0v) is 14.6. The summed E-state index contributed by atoms with van der Waals surface area (Å²) in [6.07, 6.45) is 0. The van der Waals surface area contributed by atoms with Crippen molar-refractivity contribution in [1.82, 2.24) is 9.80 Å². The Hall–Kier alpha value is -1.04. The van der Waals surface area contributed by atoms with Gasteiger partial charge in [0.2, 0.25) is 0 Å². The molecular weight excluding hydrogens is 296 g/mol. The molecule has 0 bridgehead atoms. The lowest BCUT2D eigenvalue weighted by Gasteiger charge is -2.37. The monoisotopic (exact) mass is 322 g/mol. The van der Waals surface area contributed by atoms with E-state index in [4.69, 9.17) is 4.74 Å². The van der Waals surface area contributed by atoms with Gasteiger partial charge in [-0.05, 0) is 30.9 Å². The van der Waals surface area contributed by atoms with E-state index in [0.29, 0.717) is 6.04 Å². The minimum atomic E-state index is 0.151. The van der Waals surface area contributed by atoms with E-state index in [9.17, 15) is 4.79 Å². The number of thioether (sulfide) groups is 1. The predicted octanol–water partition coefficient (Wildman–Crippen LogP) is 2.59. The molecule has 0 radical (unpaired) electrons. The zero-order valence-electron chi connectivity index (χ0n) is 13.7. The first-order valence-corrected chi connectivity index (χ1v) is 8.89. The molecule has 0 spiro atoms. The summed E-state index contributed by atoms with van der Waals surface area (Å²) in [5.74, 6) is 1.17. The molecule has 1 aliphatic heterocycles. The molecule has 1 heterocycles. The summed E-state index contributed by atoms with van der Waals surface area (Å²) in [6.45, 7) is 8.45. The van der Waals surface area contributed by atoms with Crippen molar-refractivity contribution < 1.29 is 9.53 Å². The van der Waals surface area contributed by atoms with Crippen LogP contribution >= 0.6 is 11.8 Å². The lowest BCUT2D eigenvalue weighted by molar-refractivity contribution is 0.0448. The van der Waals surface area contributed by atoms with Gasteiger partial charge in [0.1, 0.15) is 0 Å². The SMILES string of the molecule is CCSc1cccc(C(=O)N2CCN([C@@H](C)COC)CC2)c1. The van der Waals surface area contributed by atoms with Gasteiger partial charge in [0.25, 0.3) is 5.91 Å². The minimum Gasteiger partial charge on any atom is -0.383 e. The maximum Gasteiger partial charge on any atom is 0.253 e. The van der Waals surface area contributed by atoms with Crippen LogP contribution in [-0.4, -0.2) is 67.4 Å². The van der Waals surface area contributed by atoms with Crippen molar-refractivity contribution in [3.8, 4) is 0 Å².